The predicted octanol–water partition coefficient (Wildman–Crippen LogP) is 2.19. The van der Waals surface area contributed by atoms with Crippen LogP contribution in [0.5, 0.6) is 5.75 Å². The second kappa shape index (κ2) is 7.94. The van der Waals surface area contributed by atoms with E-state index in [4.69, 9.17) is 4.74 Å². The van der Waals surface area contributed by atoms with Gasteiger partial charge in [0, 0.05) is 5.69 Å². The first-order chi connectivity index (χ1) is 14.5. The van der Waals surface area contributed by atoms with Crippen LogP contribution in [0, 0.1) is 0 Å². The molecule has 0 aliphatic carbocycles. The first kappa shape index (κ1) is 19.6. The molecule has 3 amide bonds. The fourth-order valence-corrected chi connectivity index (χ4v) is 3.51. The van der Waals surface area contributed by atoms with Crippen LogP contribution in [-0.2, 0) is 20.8 Å². The lowest BCUT2D eigenvalue weighted by atomic mass is 10.1. The van der Waals surface area contributed by atoms with E-state index in [1.807, 2.05) is 19.1 Å². The minimum absolute atomic E-state index is 0.196. The Morgan fingerprint density at radius 2 is 1.77 bits per heavy atom. The van der Waals surface area contributed by atoms with Crippen molar-refractivity contribution in [2.24, 2.45) is 10.3 Å². The highest BCUT2D eigenvalue weighted by Gasteiger charge is 2.55. The molecule has 0 aromatic heterocycles. The number of amides is 3. The third kappa shape index (κ3) is 3.49. The number of methoxy groups -OCH3 is 1. The number of nitrogens with zero attached hydrogens (tertiary/aromatic N) is 4. The van der Waals surface area contributed by atoms with Gasteiger partial charge < -0.3 is 10.1 Å². The Bertz CT molecular complexity index is 1000. The molecule has 9 nitrogen and oxygen atoms in total. The highest BCUT2D eigenvalue weighted by Crippen LogP contribution is 2.32. The number of ether oxygens (including phenoxy) is 1. The number of aryl methyl sites for hydroxylation is 1. The molecule has 0 saturated carbocycles. The molecule has 30 heavy (non-hydrogen) atoms. The summed E-state index contributed by atoms with van der Waals surface area (Å²) < 4.78 is 5.09. The molecule has 0 unspecified atom stereocenters. The van der Waals surface area contributed by atoms with E-state index < -0.39 is 23.9 Å². The highest BCUT2D eigenvalue weighted by molar-refractivity contribution is 6.25. The van der Waals surface area contributed by atoms with Gasteiger partial charge in [0.15, 0.2) is 12.1 Å². The van der Waals surface area contributed by atoms with Gasteiger partial charge in [-0.15, -0.1) is 0 Å². The van der Waals surface area contributed by atoms with Crippen molar-refractivity contribution >= 4 is 29.1 Å². The maximum absolute atomic E-state index is 13.0. The Balaban J connectivity index is 1.45. The summed E-state index contributed by atoms with van der Waals surface area (Å²) in [7, 11) is 1.56. The van der Waals surface area contributed by atoms with Gasteiger partial charge >= 0.3 is 0 Å². The maximum atomic E-state index is 13.0. The van der Waals surface area contributed by atoms with Crippen LogP contribution in [-0.4, -0.2) is 48.5 Å². The van der Waals surface area contributed by atoms with E-state index in [9.17, 15) is 14.4 Å². The monoisotopic (exact) mass is 407 g/mol. The van der Waals surface area contributed by atoms with Crippen LogP contribution in [0.4, 0.5) is 11.4 Å². The molecule has 2 aromatic rings. The third-order valence-corrected chi connectivity index (χ3v) is 5.14. The van der Waals surface area contributed by atoms with Crippen LogP contribution in [0.15, 0.2) is 58.9 Å². The molecule has 0 radical (unpaired) electrons. The van der Waals surface area contributed by atoms with E-state index in [0.29, 0.717) is 17.1 Å². The van der Waals surface area contributed by atoms with Crippen LogP contribution >= 0.6 is 0 Å². The molecule has 154 valence electrons. The van der Waals surface area contributed by atoms with Crippen molar-refractivity contribution in [3.63, 3.8) is 0 Å². The molecular weight excluding hydrogens is 386 g/mol. The zero-order valence-corrected chi connectivity index (χ0v) is 16.6. The molecule has 0 spiro atoms. The zero-order chi connectivity index (χ0) is 21.3. The first-order valence-electron chi connectivity index (χ1n) is 9.60. The summed E-state index contributed by atoms with van der Waals surface area (Å²) in [5.41, 5.74) is 2.18. The smallest absolute Gasteiger partial charge is 0.263 e. The highest BCUT2D eigenvalue weighted by atomic mass is 16.5. The van der Waals surface area contributed by atoms with E-state index in [1.165, 1.54) is 5.01 Å². The van der Waals surface area contributed by atoms with Crippen LogP contribution in [0.3, 0.4) is 0 Å². The topological polar surface area (TPSA) is 104 Å². The molecule has 2 atom stereocenters. The second-order valence-corrected chi connectivity index (χ2v) is 7.00. The lowest BCUT2D eigenvalue weighted by Crippen LogP contribution is -2.43. The molecule has 9 heteroatoms. The second-order valence-electron chi connectivity index (χ2n) is 7.00. The summed E-state index contributed by atoms with van der Waals surface area (Å²) in [6, 6.07) is 12.3. The molecule has 2 aromatic carbocycles. The summed E-state index contributed by atoms with van der Waals surface area (Å²) in [5, 5.41) is 11.8. The standard InChI is InChI=1S/C21H21N5O4/c1-3-13-4-8-15(9-5-13)26-20(28)18-19(21(26)29)25(24-23-18)12-17(27)22-14-6-10-16(30-2)11-7-14/h4-11,18-19H,3,12H2,1-2H3,(H,22,27)/t18-,19-/m1/s1. The normalized spacial score (nSPS) is 19.9. The predicted molar refractivity (Wildman–Crippen MR) is 109 cm³/mol. The minimum Gasteiger partial charge on any atom is -0.497 e. The van der Waals surface area contributed by atoms with Crippen LogP contribution < -0.4 is 15.0 Å². The average molecular weight is 407 g/mol. The van der Waals surface area contributed by atoms with Gasteiger partial charge in [0.2, 0.25) is 5.91 Å². The minimum atomic E-state index is -0.933. The lowest BCUT2D eigenvalue weighted by molar-refractivity contribution is -0.123. The molecule has 2 heterocycles. The Labute approximate surface area is 173 Å². The summed E-state index contributed by atoms with van der Waals surface area (Å²) in [4.78, 5) is 39.3. The van der Waals surface area contributed by atoms with Crippen molar-refractivity contribution in [2.75, 3.05) is 23.9 Å². The number of benzene rings is 2. The quantitative estimate of drug-likeness (QED) is 0.740. The number of anilines is 2. The molecule has 2 aliphatic rings. The number of hydrogen-bond donors (Lipinski definition) is 1. The van der Waals surface area contributed by atoms with Crippen molar-refractivity contribution in [1.29, 1.82) is 0 Å². The number of imide groups is 1. The Kier molecular flexibility index (Phi) is 5.18. The Hall–Kier alpha value is -3.75. The van der Waals surface area contributed by atoms with Gasteiger partial charge in [0.25, 0.3) is 11.8 Å². The van der Waals surface area contributed by atoms with E-state index in [-0.39, 0.29) is 12.5 Å². The van der Waals surface area contributed by atoms with E-state index in [0.717, 1.165) is 16.9 Å². The van der Waals surface area contributed by atoms with Crippen molar-refractivity contribution in [1.82, 2.24) is 5.01 Å². The molecule has 1 fully saturated rings. The fourth-order valence-electron chi connectivity index (χ4n) is 3.51. The van der Waals surface area contributed by atoms with Gasteiger partial charge in [0.1, 0.15) is 12.3 Å². The third-order valence-electron chi connectivity index (χ3n) is 5.14. The Morgan fingerprint density at radius 1 is 1.07 bits per heavy atom. The average Bonchev–Trinajstić information content (AvgIpc) is 3.28. The van der Waals surface area contributed by atoms with Crippen molar-refractivity contribution in [3.05, 3.63) is 54.1 Å². The molecule has 4 rings (SSSR count). The number of nitrogens with one attached hydrogen (secondary N) is 1. The zero-order valence-electron chi connectivity index (χ0n) is 16.6. The van der Waals surface area contributed by atoms with E-state index in [2.05, 4.69) is 15.7 Å². The molecule has 2 aliphatic heterocycles. The first-order valence-corrected chi connectivity index (χ1v) is 9.60. The molecular formula is C21H21N5O4. The van der Waals surface area contributed by atoms with E-state index in [1.54, 1.807) is 43.5 Å². The van der Waals surface area contributed by atoms with Gasteiger partial charge in [-0.25, -0.2) is 4.90 Å². The molecule has 1 saturated heterocycles. The largest absolute Gasteiger partial charge is 0.497 e. The fraction of sp³-hybridized carbons (Fsp3) is 0.286. The number of carbonyl (C=O) groups excluding carboxylic acids is 3. The SMILES string of the molecule is CCc1ccc(N2C(=O)[C@@H]3N=NN(CC(=O)Nc4ccc(OC)cc4)[C@H]3C2=O)cc1. The maximum Gasteiger partial charge on any atom is 0.263 e. The van der Waals surface area contributed by atoms with E-state index >= 15 is 0 Å². The number of hydrogen-bond acceptors (Lipinski definition) is 7. The number of carbonyl (C=O) groups is 3. The summed E-state index contributed by atoms with van der Waals surface area (Å²) in [5.74, 6) is -0.565. The summed E-state index contributed by atoms with van der Waals surface area (Å²) in [6.07, 6.45) is 0.860. The lowest BCUT2D eigenvalue weighted by Gasteiger charge is -2.20. The van der Waals surface area contributed by atoms with Gasteiger partial charge in [-0.1, -0.05) is 24.3 Å². The Morgan fingerprint density at radius 3 is 2.40 bits per heavy atom. The van der Waals surface area contributed by atoms with Gasteiger partial charge in [-0.05, 0) is 48.4 Å². The summed E-state index contributed by atoms with van der Waals surface area (Å²) >= 11 is 0. The van der Waals surface area contributed by atoms with Crippen molar-refractivity contribution in [3.8, 4) is 5.75 Å². The number of fused-ring (bicyclic) bond motifs is 1. The van der Waals surface area contributed by atoms with Crippen LogP contribution in [0.25, 0.3) is 0 Å². The molecule has 0 bridgehead atoms. The van der Waals surface area contributed by atoms with Crippen LogP contribution in [0.1, 0.15) is 12.5 Å². The van der Waals surface area contributed by atoms with Gasteiger partial charge in [-0.3, -0.25) is 19.4 Å². The van der Waals surface area contributed by atoms with Crippen molar-refractivity contribution < 1.29 is 19.1 Å². The summed E-state index contributed by atoms with van der Waals surface area (Å²) in [6.45, 7) is 1.83. The van der Waals surface area contributed by atoms with Crippen molar-refractivity contribution in [2.45, 2.75) is 25.4 Å². The number of rotatable bonds is 6. The van der Waals surface area contributed by atoms with Crippen LogP contribution in [0.2, 0.25) is 0 Å². The van der Waals surface area contributed by atoms with Gasteiger partial charge in [0.05, 0.1) is 12.8 Å². The van der Waals surface area contributed by atoms with Gasteiger partial charge in [-0.2, -0.15) is 5.11 Å². The molecule has 1 N–H and O–H groups in total.